The van der Waals surface area contributed by atoms with Crippen LogP contribution in [0, 0.1) is 18.3 Å². The molecule has 1 unspecified atom stereocenters. The Hall–Kier alpha value is -0.820. The van der Waals surface area contributed by atoms with E-state index >= 15 is 0 Å². The zero-order valence-electron chi connectivity index (χ0n) is 10.1. The van der Waals surface area contributed by atoms with Crippen molar-refractivity contribution in [3.63, 3.8) is 0 Å². The third-order valence-corrected chi connectivity index (χ3v) is 4.71. The van der Waals surface area contributed by atoms with Gasteiger partial charge in [-0.05, 0) is 37.1 Å². The van der Waals surface area contributed by atoms with Crippen LogP contribution < -0.4 is 0 Å². The molecule has 1 atom stereocenters. The number of methoxy groups -OCH3 is 1. The van der Waals surface area contributed by atoms with Crippen LogP contribution in [-0.2, 0) is 10.3 Å². The van der Waals surface area contributed by atoms with Gasteiger partial charge in [0.2, 0.25) is 0 Å². The number of rotatable bonds is 3. The minimum absolute atomic E-state index is 0.151. The van der Waals surface area contributed by atoms with Crippen LogP contribution in [0.5, 0.6) is 0 Å². The molecule has 1 aromatic rings. The molecule has 17 heavy (non-hydrogen) atoms. The first-order valence-corrected chi connectivity index (χ1v) is 6.85. The van der Waals surface area contributed by atoms with E-state index in [4.69, 9.17) is 11.2 Å². The van der Waals surface area contributed by atoms with Gasteiger partial charge < -0.3 is 9.84 Å². The van der Waals surface area contributed by atoms with E-state index in [9.17, 15) is 5.11 Å². The van der Waals surface area contributed by atoms with Crippen molar-refractivity contribution in [2.75, 3.05) is 7.11 Å². The summed E-state index contributed by atoms with van der Waals surface area (Å²) in [5, 5.41) is 12.7. The summed E-state index contributed by atoms with van der Waals surface area (Å²) in [6, 6.07) is 3.86. The van der Waals surface area contributed by atoms with Crippen molar-refractivity contribution in [1.29, 1.82) is 0 Å². The highest BCUT2D eigenvalue weighted by atomic mass is 32.1. The van der Waals surface area contributed by atoms with E-state index in [1.165, 1.54) is 11.3 Å². The van der Waals surface area contributed by atoms with E-state index in [0.717, 1.165) is 30.6 Å². The first-order chi connectivity index (χ1) is 8.20. The van der Waals surface area contributed by atoms with Crippen LogP contribution >= 0.6 is 11.3 Å². The molecular weight excluding hydrogens is 232 g/mol. The summed E-state index contributed by atoms with van der Waals surface area (Å²) in [5.74, 6) is 2.76. The van der Waals surface area contributed by atoms with Gasteiger partial charge in [0.1, 0.15) is 0 Å². The summed E-state index contributed by atoms with van der Waals surface area (Å²) in [6.45, 7) is 0. The third-order valence-electron chi connectivity index (χ3n) is 3.72. The van der Waals surface area contributed by atoms with E-state index in [-0.39, 0.29) is 5.92 Å². The molecule has 0 bridgehead atoms. The Morgan fingerprint density at radius 2 is 2.18 bits per heavy atom. The molecule has 0 spiro atoms. The van der Waals surface area contributed by atoms with Crippen LogP contribution in [0.2, 0.25) is 0 Å². The smallest absolute Gasteiger partial charge is 0.162 e. The molecule has 0 saturated heterocycles. The standard InChI is InChI=1S/C14H18O2S/c1-3-14(15,13-5-4-10-17-13)11-6-8-12(16-2)9-7-11/h1,4-5,10-12,15H,6-9H2,2H3. The Morgan fingerprint density at radius 1 is 1.47 bits per heavy atom. The molecule has 1 fully saturated rings. The normalized spacial score (nSPS) is 28.3. The largest absolute Gasteiger partial charge is 0.381 e. The van der Waals surface area contributed by atoms with Crippen LogP contribution in [-0.4, -0.2) is 18.3 Å². The van der Waals surface area contributed by atoms with Gasteiger partial charge in [-0.3, -0.25) is 0 Å². The molecule has 1 aromatic heterocycles. The summed E-state index contributed by atoms with van der Waals surface area (Å²) < 4.78 is 5.35. The van der Waals surface area contributed by atoms with E-state index < -0.39 is 5.60 Å². The van der Waals surface area contributed by atoms with Crippen molar-refractivity contribution >= 4 is 11.3 Å². The molecule has 1 N–H and O–H groups in total. The van der Waals surface area contributed by atoms with E-state index in [2.05, 4.69) is 5.92 Å². The van der Waals surface area contributed by atoms with E-state index in [0.29, 0.717) is 6.10 Å². The predicted octanol–water partition coefficient (Wildman–Crippen LogP) is 2.77. The molecule has 0 amide bonds. The topological polar surface area (TPSA) is 29.5 Å². The highest BCUT2D eigenvalue weighted by molar-refractivity contribution is 7.10. The van der Waals surface area contributed by atoms with Crippen LogP contribution in [0.25, 0.3) is 0 Å². The number of hydrogen-bond acceptors (Lipinski definition) is 3. The fourth-order valence-corrected chi connectivity index (χ4v) is 3.47. The molecule has 1 heterocycles. The lowest BCUT2D eigenvalue weighted by Crippen LogP contribution is -2.36. The van der Waals surface area contributed by atoms with Gasteiger partial charge in [-0.1, -0.05) is 12.0 Å². The van der Waals surface area contributed by atoms with Gasteiger partial charge in [-0.25, -0.2) is 0 Å². The second-order valence-corrected chi connectivity index (χ2v) is 5.55. The lowest BCUT2D eigenvalue weighted by molar-refractivity contribution is -0.0160. The average molecular weight is 250 g/mol. The molecule has 1 aliphatic rings. The molecule has 3 heteroatoms. The van der Waals surface area contributed by atoms with Crippen molar-refractivity contribution in [3.8, 4) is 12.3 Å². The van der Waals surface area contributed by atoms with Crippen molar-refractivity contribution in [1.82, 2.24) is 0 Å². The second kappa shape index (κ2) is 5.22. The van der Waals surface area contributed by atoms with Crippen LogP contribution in [0.3, 0.4) is 0 Å². The second-order valence-electron chi connectivity index (χ2n) is 4.60. The number of hydrogen-bond donors (Lipinski definition) is 1. The Labute approximate surface area is 107 Å². The van der Waals surface area contributed by atoms with Gasteiger partial charge in [-0.2, -0.15) is 0 Å². The van der Waals surface area contributed by atoms with Gasteiger partial charge in [0.05, 0.1) is 6.10 Å². The zero-order valence-corrected chi connectivity index (χ0v) is 10.9. The fraction of sp³-hybridized carbons (Fsp3) is 0.571. The van der Waals surface area contributed by atoms with Gasteiger partial charge in [0, 0.05) is 17.9 Å². The van der Waals surface area contributed by atoms with Crippen molar-refractivity contribution in [3.05, 3.63) is 22.4 Å². The Kier molecular flexibility index (Phi) is 3.88. The van der Waals surface area contributed by atoms with Crippen LogP contribution in [0.15, 0.2) is 17.5 Å². The fourth-order valence-electron chi connectivity index (χ4n) is 2.60. The molecule has 0 aliphatic heterocycles. The highest BCUT2D eigenvalue weighted by Gasteiger charge is 2.39. The summed E-state index contributed by atoms with van der Waals surface area (Å²) >= 11 is 1.53. The average Bonchev–Trinajstić information content (AvgIpc) is 2.92. The monoisotopic (exact) mass is 250 g/mol. The Morgan fingerprint density at radius 3 is 2.65 bits per heavy atom. The molecular formula is C14H18O2S. The van der Waals surface area contributed by atoms with Crippen LogP contribution in [0.1, 0.15) is 30.6 Å². The summed E-state index contributed by atoms with van der Waals surface area (Å²) in [6.07, 6.45) is 9.72. The number of aliphatic hydroxyl groups is 1. The molecule has 2 rings (SSSR count). The zero-order chi connectivity index (χ0) is 12.3. The van der Waals surface area contributed by atoms with E-state index in [1.807, 2.05) is 17.5 Å². The summed E-state index contributed by atoms with van der Waals surface area (Å²) in [4.78, 5) is 0.890. The van der Waals surface area contributed by atoms with E-state index in [1.54, 1.807) is 7.11 Å². The van der Waals surface area contributed by atoms with Crippen LogP contribution in [0.4, 0.5) is 0 Å². The minimum atomic E-state index is -1.09. The molecule has 2 nitrogen and oxygen atoms in total. The maximum absolute atomic E-state index is 10.7. The molecule has 0 radical (unpaired) electrons. The van der Waals surface area contributed by atoms with Crippen molar-refractivity contribution in [2.24, 2.45) is 5.92 Å². The summed E-state index contributed by atoms with van der Waals surface area (Å²) in [5.41, 5.74) is -1.09. The minimum Gasteiger partial charge on any atom is -0.381 e. The Balaban J connectivity index is 2.13. The van der Waals surface area contributed by atoms with Gasteiger partial charge in [0.25, 0.3) is 0 Å². The molecule has 1 saturated carbocycles. The Bertz CT molecular complexity index is 385. The number of ether oxygens (including phenoxy) is 1. The van der Waals surface area contributed by atoms with Gasteiger partial charge in [-0.15, -0.1) is 17.8 Å². The maximum atomic E-state index is 10.7. The SMILES string of the molecule is C#CC(O)(c1cccs1)C1CCC(OC)CC1. The first kappa shape index (κ1) is 12.6. The highest BCUT2D eigenvalue weighted by Crippen LogP contribution is 2.41. The van der Waals surface area contributed by atoms with Gasteiger partial charge >= 0.3 is 0 Å². The maximum Gasteiger partial charge on any atom is 0.162 e. The predicted molar refractivity (Wildman–Crippen MR) is 69.8 cm³/mol. The quantitative estimate of drug-likeness (QED) is 0.836. The van der Waals surface area contributed by atoms with Gasteiger partial charge in [0.15, 0.2) is 5.60 Å². The molecule has 92 valence electrons. The third kappa shape index (κ3) is 2.40. The lowest BCUT2D eigenvalue weighted by Gasteiger charge is -2.36. The first-order valence-electron chi connectivity index (χ1n) is 5.97. The summed E-state index contributed by atoms with van der Waals surface area (Å²) in [7, 11) is 1.75. The number of terminal acetylenes is 1. The van der Waals surface area contributed by atoms with Crippen molar-refractivity contribution < 1.29 is 9.84 Å². The molecule has 0 aromatic carbocycles. The molecule has 1 aliphatic carbocycles. The lowest BCUT2D eigenvalue weighted by atomic mass is 9.75. The number of thiophene rings is 1. The van der Waals surface area contributed by atoms with Crippen molar-refractivity contribution in [2.45, 2.75) is 37.4 Å².